The van der Waals surface area contributed by atoms with Crippen LogP contribution in [0.15, 0.2) is 78.2 Å². The molecule has 0 fully saturated rings. The predicted octanol–water partition coefficient (Wildman–Crippen LogP) is 5.36. The molecule has 0 aliphatic rings. The smallest absolute Gasteiger partial charge is 0.330 e. The van der Waals surface area contributed by atoms with Crippen LogP contribution in [0.3, 0.4) is 0 Å². The third kappa shape index (κ3) is 3.81. The number of alkyl halides is 1. The van der Waals surface area contributed by atoms with Gasteiger partial charge in [-0.25, -0.2) is 0 Å². The Labute approximate surface area is 144 Å². The molecule has 3 aromatic rings. The molecule has 116 valence electrons. The molecule has 0 aliphatic carbocycles. The van der Waals surface area contributed by atoms with Crippen LogP contribution in [0.1, 0.15) is 27.5 Å². The molecule has 0 N–H and O–H groups in total. The van der Waals surface area contributed by atoms with Crippen LogP contribution in [-0.2, 0) is 9.53 Å². The number of rotatable bonds is 5. The molecule has 1 aromatic heterocycles. The summed E-state index contributed by atoms with van der Waals surface area (Å²) in [5.74, 6) is -0.438. The summed E-state index contributed by atoms with van der Waals surface area (Å²) in [6, 6.07) is 23.1. The summed E-state index contributed by atoms with van der Waals surface area (Å²) in [6.07, 6.45) is -0.467. The molecule has 3 rings (SSSR count). The van der Waals surface area contributed by atoms with Gasteiger partial charge in [0.1, 0.15) is 0 Å². The van der Waals surface area contributed by atoms with E-state index in [-0.39, 0.29) is 0 Å². The summed E-state index contributed by atoms with van der Waals surface area (Å²) in [4.78, 5) is 13.2. The molecule has 1 heterocycles. The van der Waals surface area contributed by atoms with E-state index >= 15 is 0 Å². The maximum atomic E-state index is 12.5. The van der Waals surface area contributed by atoms with Crippen molar-refractivity contribution in [2.45, 2.75) is 11.5 Å². The first-order valence-electron chi connectivity index (χ1n) is 7.23. The van der Waals surface area contributed by atoms with Crippen molar-refractivity contribution in [1.82, 2.24) is 0 Å². The Bertz CT molecular complexity index is 702. The van der Waals surface area contributed by atoms with Crippen LogP contribution in [0.2, 0.25) is 0 Å². The van der Waals surface area contributed by atoms with Crippen molar-refractivity contribution < 1.29 is 9.53 Å². The highest BCUT2D eigenvalue weighted by Crippen LogP contribution is 2.31. The Morgan fingerprint density at radius 2 is 1.43 bits per heavy atom. The first-order valence-corrected chi connectivity index (χ1v) is 8.55. The number of halogens is 1. The minimum absolute atomic E-state index is 0.438. The van der Waals surface area contributed by atoms with E-state index in [9.17, 15) is 4.79 Å². The molecular formula is C19H15ClO2S. The van der Waals surface area contributed by atoms with Gasteiger partial charge in [0.25, 0.3) is 0 Å². The summed E-state index contributed by atoms with van der Waals surface area (Å²) >= 11 is 7.70. The fraction of sp³-hybridized carbons (Fsp3) is 0.105. The molecular weight excluding hydrogens is 328 g/mol. The van der Waals surface area contributed by atoms with Crippen LogP contribution in [0, 0.1) is 0 Å². The number of benzene rings is 2. The lowest BCUT2D eigenvalue weighted by atomic mass is 10.0. The Balaban J connectivity index is 1.86. The molecule has 1 unspecified atom stereocenters. The normalized spacial score (nSPS) is 12.1. The molecule has 1 atom stereocenters. The standard InChI is InChI=1S/C19H15ClO2S/c20-17(16-12-7-13-23-16)19(21)22-18(14-8-3-1-4-9-14)15-10-5-2-6-11-15/h1-13,17-18H. The van der Waals surface area contributed by atoms with Gasteiger partial charge >= 0.3 is 5.97 Å². The summed E-state index contributed by atoms with van der Waals surface area (Å²) in [6.45, 7) is 0. The SMILES string of the molecule is O=C(OC(c1ccccc1)c1ccccc1)C(Cl)c1cccs1. The molecule has 2 nitrogen and oxygen atoms in total. The van der Waals surface area contributed by atoms with Crippen LogP contribution in [0.25, 0.3) is 0 Å². The highest BCUT2D eigenvalue weighted by molar-refractivity contribution is 7.10. The van der Waals surface area contributed by atoms with E-state index in [1.165, 1.54) is 11.3 Å². The Morgan fingerprint density at radius 1 is 0.870 bits per heavy atom. The number of esters is 1. The topological polar surface area (TPSA) is 26.3 Å². The second-order valence-electron chi connectivity index (χ2n) is 5.02. The fourth-order valence-electron chi connectivity index (χ4n) is 2.31. The quantitative estimate of drug-likeness (QED) is 0.461. The van der Waals surface area contributed by atoms with Gasteiger partial charge in [-0.2, -0.15) is 0 Å². The van der Waals surface area contributed by atoms with Gasteiger partial charge < -0.3 is 4.74 Å². The van der Waals surface area contributed by atoms with Gasteiger partial charge in [0.15, 0.2) is 11.5 Å². The molecule has 0 saturated heterocycles. The summed E-state index contributed by atoms with van der Waals surface area (Å²) in [5, 5.41) is 1.11. The molecule has 0 amide bonds. The molecule has 0 aliphatic heterocycles. The first kappa shape index (κ1) is 15.8. The highest BCUT2D eigenvalue weighted by Gasteiger charge is 2.25. The summed E-state index contributed by atoms with van der Waals surface area (Å²) in [5.41, 5.74) is 1.84. The lowest BCUT2D eigenvalue weighted by Gasteiger charge is -2.20. The minimum Gasteiger partial charge on any atom is -0.451 e. The fourth-order valence-corrected chi connectivity index (χ4v) is 3.28. The Morgan fingerprint density at radius 3 is 1.91 bits per heavy atom. The Kier molecular flexibility index (Phi) is 5.11. The van der Waals surface area contributed by atoms with Crippen molar-refractivity contribution in [2.24, 2.45) is 0 Å². The van der Waals surface area contributed by atoms with Crippen LogP contribution >= 0.6 is 22.9 Å². The maximum absolute atomic E-state index is 12.5. The number of carbonyl (C=O) groups excluding carboxylic acids is 1. The zero-order chi connectivity index (χ0) is 16.1. The first-order chi connectivity index (χ1) is 11.3. The van der Waals surface area contributed by atoms with Crippen molar-refractivity contribution in [1.29, 1.82) is 0 Å². The summed E-state index contributed by atoms with van der Waals surface area (Å²) in [7, 11) is 0. The zero-order valence-electron chi connectivity index (χ0n) is 12.3. The van der Waals surface area contributed by atoms with Gasteiger partial charge in [-0.1, -0.05) is 66.7 Å². The average Bonchev–Trinajstić information content (AvgIpc) is 3.15. The lowest BCUT2D eigenvalue weighted by molar-refractivity contribution is -0.147. The number of thiophene rings is 1. The van der Waals surface area contributed by atoms with Gasteiger partial charge in [0, 0.05) is 4.88 Å². The Hall–Kier alpha value is -2.10. The van der Waals surface area contributed by atoms with Gasteiger partial charge in [-0.15, -0.1) is 22.9 Å². The highest BCUT2D eigenvalue weighted by atomic mass is 35.5. The van der Waals surface area contributed by atoms with Crippen LogP contribution in [-0.4, -0.2) is 5.97 Å². The minimum atomic E-state index is -0.787. The molecule has 23 heavy (non-hydrogen) atoms. The van der Waals surface area contributed by atoms with E-state index in [2.05, 4.69) is 0 Å². The second-order valence-corrected chi connectivity index (χ2v) is 6.43. The number of hydrogen-bond donors (Lipinski definition) is 0. The van der Waals surface area contributed by atoms with Crippen LogP contribution < -0.4 is 0 Å². The van der Waals surface area contributed by atoms with E-state index in [0.717, 1.165) is 16.0 Å². The third-order valence-electron chi connectivity index (χ3n) is 3.44. The average molecular weight is 343 g/mol. The van der Waals surface area contributed by atoms with E-state index in [1.807, 2.05) is 78.2 Å². The molecule has 2 aromatic carbocycles. The van der Waals surface area contributed by atoms with Crippen LogP contribution in [0.4, 0.5) is 0 Å². The van der Waals surface area contributed by atoms with Gasteiger partial charge in [-0.05, 0) is 22.6 Å². The maximum Gasteiger partial charge on any atom is 0.330 e. The van der Waals surface area contributed by atoms with Gasteiger partial charge in [0.05, 0.1) is 0 Å². The number of ether oxygens (including phenoxy) is 1. The second kappa shape index (κ2) is 7.44. The van der Waals surface area contributed by atoms with E-state index < -0.39 is 17.5 Å². The van der Waals surface area contributed by atoms with Crippen LogP contribution in [0.5, 0.6) is 0 Å². The predicted molar refractivity (Wildman–Crippen MR) is 93.7 cm³/mol. The molecule has 4 heteroatoms. The molecule has 0 saturated carbocycles. The van der Waals surface area contributed by atoms with Crippen molar-refractivity contribution in [3.63, 3.8) is 0 Å². The van der Waals surface area contributed by atoms with Gasteiger partial charge in [0.2, 0.25) is 0 Å². The van der Waals surface area contributed by atoms with Gasteiger partial charge in [-0.3, -0.25) is 4.79 Å². The monoisotopic (exact) mass is 342 g/mol. The molecule has 0 spiro atoms. The van der Waals surface area contributed by atoms with E-state index in [4.69, 9.17) is 16.3 Å². The van der Waals surface area contributed by atoms with Crippen molar-refractivity contribution >= 4 is 28.9 Å². The van der Waals surface area contributed by atoms with Crippen molar-refractivity contribution in [3.05, 3.63) is 94.2 Å². The summed E-state index contributed by atoms with van der Waals surface area (Å²) < 4.78 is 5.74. The third-order valence-corrected chi connectivity index (χ3v) is 4.92. The van der Waals surface area contributed by atoms with E-state index in [0.29, 0.717) is 0 Å². The van der Waals surface area contributed by atoms with E-state index in [1.54, 1.807) is 0 Å². The molecule has 0 bridgehead atoms. The van der Waals surface area contributed by atoms with Crippen molar-refractivity contribution in [2.75, 3.05) is 0 Å². The number of carbonyl (C=O) groups is 1. The van der Waals surface area contributed by atoms with Crippen molar-refractivity contribution in [3.8, 4) is 0 Å². The molecule has 0 radical (unpaired) electrons. The largest absolute Gasteiger partial charge is 0.451 e. The number of hydrogen-bond acceptors (Lipinski definition) is 3. The zero-order valence-corrected chi connectivity index (χ0v) is 13.8. The lowest BCUT2D eigenvalue weighted by Crippen LogP contribution is -2.16.